The van der Waals surface area contributed by atoms with E-state index in [2.05, 4.69) is 125 Å². The molecule has 2 heteroatoms. The first-order valence-corrected chi connectivity index (χ1v) is 10.3. The maximum absolute atomic E-state index is 2.40. The van der Waals surface area contributed by atoms with Gasteiger partial charge in [-0.05, 0) is 36.2 Å². The predicted molar refractivity (Wildman–Crippen MR) is 124 cm³/mol. The summed E-state index contributed by atoms with van der Waals surface area (Å²) in [5.74, 6) is 0. The van der Waals surface area contributed by atoms with Crippen molar-refractivity contribution in [2.45, 2.75) is 6.92 Å². The van der Waals surface area contributed by atoms with Crippen molar-refractivity contribution in [3.8, 4) is 22.4 Å². The molecule has 6 aromatic rings. The van der Waals surface area contributed by atoms with Crippen molar-refractivity contribution in [2.24, 2.45) is 0 Å². The molecule has 0 amide bonds. The van der Waals surface area contributed by atoms with Crippen LogP contribution in [0.4, 0.5) is 0 Å². The molecule has 0 unspecified atom stereocenters. The van der Waals surface area contributed by atoms with E-state index in [0.717, 1.165) is 0 Å². The molecular formula is C28H21N2+. The molecule has 0 fully saturated rings. The normalized spacial score (nSPS) is 11.5. The summed E-state index contributed by atoms with van der Waals surface area (Å²) in [6.45, 7) is 2.16. The molecule has 0 aliphatic rings. The molecule has 6 rings (SSSR count). The number of rotatable bonds is 2. The van der Waals surface area contributed by atoms with Gasteiger partial charge in [-0.15, -0.1) is 0 Å². The van der Waals surface area contributed by atoms with Gasteiger partial charge in [-0.2, -0.15) is 8.80 Å². The predicted octanol–water partition coefficient (Wildman–Crippen LogP) is 6.47. The fourth-order valence-electron chi connectivity index (χ4n) is 4.55. The second kappa shape index (κ2) is 6.57. The zero-order valence-corrected chi connectivity index (χ0v) is 16.8. The van der Waals surface area contributed by atoms with Crippen LogP contribution in [0.15, 0.2) is 109 Å². The molecule has 3 aromatic heterocycles. The Kier molecular flexibility index (Phi) is 3.72. The number of aromatic nitrogens is 2. The van der Waals surface area contributed by atoms with Crippen LogP contribution in [0, 0.1) is 6.92 Å². The van der Waals surface area contributed by atoms with Crippen LogP contribution >= 0.6 is 0 Å². The van der Waals surface area contributed by atoms with E-state index in [4.69, 9.17) is 0 Å². The topological polar surface area (TPSA) is 8.51 Å². The van der Waals surface area contributed by atoms with Crippen LogP contribution in [0.5, 0.6) is 0 Å². The van der Waals surface area contributed by atoms with E-state index >= 15 is 0 Å². The Hall–Kier alpha value is -3.91. The van der Waals surface area contributed by atoms with Crippen LogP contribution in [-0.4, -0.2) is 4.40 Å². The average Bonchev–Trinajstić information content (AvgIpc) is 3.19. The number of hydrogen-bond acceptors (Lipinski definition) is 0. The standard InChI is InChI=1S/C28H21N2/c1-20-16-17-29-26(18-20)30-24-15-9-8-14-23(24)19-25(30)27(21-10-4-2-5-11-21)28(29)22-12-6-3-7-13-22/h2-19H,1H3/q+1. The summed E-state index contributed by atoms with van der Waals surface area (Å²) in [5, 5.41) is 1.25. The molecule has 2 nitrogen and oxygen atoms in total. The monoisotopic (exact) mass is 385 g/mol. The molecule has 0 atom stereocenters. The summed E-state index contributed by atoms with van der Waals surface area (Å²) >= 11 is 0. The van der Waals surface area contributed by atoms with Crippen LogP contribution in [0.25, 0.3) is 44.5 Å². The number of para-hydroxylation sites is 1. The Balaban J connectivity index is 1.93. The highest BCUT2D eigenvalue weighted by Gasteiger charge is 2.25. The second-order valence-corrected chi connectivity index (χ2v) is 7.81. The Morgan fingerprint density at radius 3 is 2.07 bits per heavy atom. The molecule has 3 aromatic carbocycles. The van der Waals surface area contributed by atoms with Crippen LogP contribution < -0.4 is 4.40 Å². The minimum Gasteiger partial charge on any atom is -0.198 e. The van der Waals surface area contributed by atoms with Gasteiger partial charge in [-0.1, -0.05) is 78.9 Å². The fraction of sp³-hybridized carbons (Fsp3) is 0.0357. The van der Waals surface area contributed by atoms with Gasteiger partial charge >= 0.3 is 0 Å². The first-order chi connectivity index (χ1) is 14.8. The summed E-state index contributed by atoms with van der Waals surface area (Å²) in [4.78, 5) is 0. The first kappa shape index (κ1) is 17.0. The van der Waals surface area contributed by atoms with Gasteiger partial charge in [0, 0.05) is 17.0 Å². The number of fused-ring (bicyclic) bond motifs is 5. The van der Waals surface area contributed by atoms with E-state index in [9.17, 15) is 0 Å². The minimum absolute atomic E-state index is 1.17. The molecule has 0 aliphatic heterocycles. The number of nitrogens with zero attached hydrogens (tertiary/aromatic N) is 2. The lowest BCUT2D eigenvalue weighted by molar-refractivity contribution is -0.502. The zero-order valence-electron chi connectivity index (χ0n) is 16.8. The number of pyridine rings is 1. The SMILES string of the molecule is Cc1cc[n+]2c(-c3ccccc3)c(-c3ccccc3)c3cc4ccccc4n3c2c1. The van der Waals surface area contributed by atoms with Gasteiger partial charge in [0.25, 0.3) is 5.65 Å². The molecule has 3 heterocycles. The van der Waals surface area contributed by atoms with Crippen molar-refractivity contribution in [3.63, 3.8) is 0 Å². The molecule has 0 bridgehead atoms. The molecular weight excluding hydrogens is 364 g/mol. The first-order valence-electron chi connectivity index (χ1n) is 10.3. The molecule has 0 saturated carbocycles. The Morgan fingerprint density at radius 2 is 1.30 bits per heavy atom. The van der Waals surface area contributed by atoms with Gasteiger partial charge in [0.1, 0.15) is 11.0 Å². The lowest BCUT2D eigenvalue weighted by Gasteiger charge is -2.13. The molecule has 0 aliphatic carbocycles. The maximum Gasteiger partial charge on any atom is 0.292 e. The quantitative estimate of drug-likeness (QED) is 0.302. The van der Waals surface area contributed by atoms with Gasteiger partial charge in [0.2, 0.25) is 0 Å². The summed E-state index contributed by atoms with van der Waals surface area (Å²) in [6.07, 6.45) is 2.20. The van der Waals surface area contributed by atoms with Crippen molar-refractivity contribution >= 4 is 22.1 Å². The Labute approximate surface area is 175 Å². The third-order valence-electron chi connectivity index (χ3n) is 5.87. The number of hydrogen-bond donors (Lipinski definition) is 0. The molecule has 0 radical (unpaired) electrons. The third-order valence-corrected chi connectivity index (χ3v) is 5.87. The third kappa shape index (κ3) is 2.47. The highest BCUT2D eigenvalue weighted by molar-refractivity contribution is 5.99. The average molecular weight is 385 g/mol. The van der Waals surface area contributed by atoms with Gasteiger partial charge in [-0.3, -0.25) is 0 Å². The Bertz CT molecular complexity index is 1530. The van der Waals surface area contributed by atoms with Crippen molar-refractivity contribution in [3.05, 3.63) is 115 Å². The van der Waals surface area contributed by atoms with Crippen molar-refractivity contribution in [1.82, 2.24) is 4.40 Å². The highest BCUT2D eigenvalue weighted by Crippen LogP contribution is 2.37. The van der Waals surface area contributed by atoms with Crippen LogP contribution in [-0.2, 0) is 0 Å². The van der Waals surface area contributed by atoms with Gasteiger partial charge in [0.15, 0.2) is 5.69 Å². The summed E-state index contributed by atoms with van der Waals surface area (Å²) in [5.41, 5.74) is 9.78. The summed E-state index contributed by atoms with van der Waals surface area (Å²) in [7, 11) is 0. The highest BCUT2D eigenvalue weighted by atomic mass is 15.1. The molecule has 142 valence electrons. The van der Waals surface area contributed by atoms with Gasteiger partial charge < -0.3 is 0 Å². The van der Waals surface area contributed by atoms with E-state index in [1.807, 2.05) is 0 Å². The minimum atomic E-state index is 1.17. The molecule has 0 spiro atoms. The largest absolute Gasteiger partial charge is 0.292 e. The van der Waals surface area contributed by atoms with Gasteiger partial charge in [-0.25, -0.2) is 0 Å². The fourth-order valence-corrected chi connectivity index (χ4v) is 4.55. The van der Waals surface area contributed by atoms with Gasteiger partial charge in [0.05, 0.1) is 11.8 Å². The van der Waals surface area contributed by atoms with Crippen LogP contribution in [0.3, 0.4) is 0 Å². The molecule has 30 heavy (non-hydrogen) atoms. The lowest BCUT2D eigenvalue weighted by Crippen LogP contribution is -2.28. The van der Waals surface area contributed by atoms with E-state index in [0.29, 0.717) is 0 Å². The zero-order chi connectivity index (χ0) is 20.1. The summed E-state index contributed by atoms with van der Waals surface area (Å²) in [6, 6.07) is 36.9. The van der Waals surface area contributed by atoms with Crippen LogP contribution in [0.2, 0.25) is 0 Å². The van der Waals surface area contributed by atoms with E-state index in [1.165, 1.54) is 50.0 Å². The Morgan fingerprint density at radius 1 is 0.633 bits per heavy atom. The van der Waals surface area contributed by atoms with E-state index in [-0.39, 0.29) is 0 Å². The van der Waals surface area contributed by atoms with Crippen molar-refractivity contribution in [2.75, 3.05) is 0 Å². The van der Waals surface area contributed by atoms with Crippen LogP contribution in [0.1, 0.15) is 5.56 Å². The van der Waals surface area contributed by atoms with E-state index < -0.39 is 0 Å². The smallest absolute Gasteiger partial charge is 0.198 e. The maximum atomic E-state index is 2.40. The second-order valence-electron chi connectivity index (χ2n) is 7.81. The number of benzene rings is 3. The molecule has 0 N–H and O–H groups in total. The molecule has 0 saturated heterocycles. The van der Waals surface area contributed by atoms with Crippen molar-refractivity contribution < 1.29 is 4.40 Å². The van der Waals surface area contributed by atoms with E-state index in [1.54, 1.807) is 0 Å². The van der Waals surface area contributed by atoms with Crippen molar-refractivity contribution in [1.29, 1.82) is 0 Å². The number of aryl methyl sites for hydroxylation is 1. The summed E-state index contributed by atoms with van der Waals surface area (Å²) < 4.78 is 4.74. The lowest BCUT2D eigenvalue weighted by atomic mass is 9.98.